The van der Waals surface area contributed by atoms with Crippen LogP contribution in [0.2, 0.25) is 0 Å². The van der Waals surface area contributed by atoms with Crippen LogP contribution in [0.3, 0.4) is 0 Å². The highest BCUT2D eigenvalue weighted by atomic mass is 32.2. The first-order valence-electron chi connectivity index (χ1n) is 9.68. The fraction of sp³-hybridized carbons (Fsp3) is 0.476. The van der Waals surface area contributed by atoms with E-state index in [2.05, 4.69) is 5.32 Å². The summed E-state index contributed by atoms with van der Waals surface area (Å²) in [6, 6.07) is 4.24. The van der Waals surface area contributed by atoms with Gasteiger partial charge in [0.05, 0.1) is 0 Å². The van der Waals surface area contributed by atoms with Gasteiger partial charge in [-0.1, -0.05) is 0 Å². The number of carboxylic acid groups (broad SMARTS) is 1. The second-order valence-corrected chi connectivity index (χ2v) is 8.14. The van der Waals surface area contributed by atoms with Crippen LogP contribution in [0.25, 0.3) is 11.0 Å². The summed E-state index contributed by atoms with van der Waals surface area (Å²) >= 11 is 1.52. The normalized spacial score (nSPS) is 15.4. The predicted molar refractivity (Wildman–Crippen MR) is 112 cm³/mol. The van der Waals surface area contributed by atoms with Gasteiger partial charge >= 0.3 is 11.6 Å². The van der Waals surface area contributed by atoms with Crippen molar-refractivity contribution in [1.82, 2.24) is 5.32 Å². The molecular weight excluding hydrogens is 394 g/mol. The molecule has 1 amide bonds. The first-order chi connectivity index (χ1) is 13.9. The average Bonchev–Trinajstić information content (AvgIpc) is 2.70. The summed E-state index contributed by atoms with van der Waals surface area (Å²) < 4.78 is 11.1. The second-order valence-electron chi connectivity index (χ2n) is 7.15. The molecule has 29 heavy (non-hydrogen) atoms. The molecule has 0 radical (unpaired) electrons. The average molecular weight is 419 g/mol. The van der Waals surface area contributed by atoms with E-state index in [4.69, 9.17) is 9.15 Å². The fourth-order valence-corrected chi connectivity index (χ4v) is 4.01. The smallest absolute Gasteiger partial charge is 0.339 e. The number of nitrogens with one attached hydrogen (secondary N) is 1. The molecule has 0 spiro atoms. The van der Waals surface area contributed by atoms with Crippen LogP contribution in [0.15, 0.2) is 27.4 Å². The predicted octanol–water partition coefficient (Wildman–Crippen LogP) is 2.76. The van der Waals surface area contributed by atoms with Gasteiger partial charge < -0.3 is 19.6 Å². The third-order valence-corrected chi connectivity index (χ3v) is 5.75. The number of thioether (sulfide) groups is 1. The van der Waals surface area contributed by atoms with Gasteiger partial charge in [0.2, 0.25) is 0 Å². The van der Waals surface area contributed by atoms with E-state index in [0.717, 1.165) is 42.2 Å². The Kier molecular flexibility index (Phi) is 6.84. The molecule has 1 aliphatic rings. The van der Waals surface area contributed by atoms with Crippen molar-refractivity contribution in [3.63, 3.8) is 0 Å². The summed E-state index contributed by atoms with van der Waals surface area (Å²) in [6.45, 7) is 1.55. The quantitative estimate of drug-likeness (QED) is 0.634. The molecule has 3 rings (SSSR count). The largest absolute Gasteiger partial charge is 0.481 e. The number of carbonyl (C=O) groups is 2. The molecule has 2 aromatic rings. The van der Waals surface area contributed by atoms with Crippen LogP contribution >= 0.6 is 11.8 Å². The van der Waals surface area contributed by atoms with Gasteiger partial charge in [0.1, 0.15) is 17.4 Å². The molecule has 0 fully saturated rings. The van der Waals surface area contributed by atoms with Crippen molar-refractivity contribution in [1.29, 1.82) is 0 Å². The van der Waals surface area contributed by atoms with Crippen LogP contribution in [-0.2, 0) is 22.4 Å². The Labute approximate surface area is 172 Å². The lowest BCUT2D eigenvalue weighted by Gasteiger charge is -2.19. The Bertz CT molecular complexity index is 970. The highest BCUT2D eigenvalue weighted by Crippen LogP contribution is 2.29. The minimum atomic E-state index is -1.07. The van der Waals surface area contributed by atoms with Gasteiger partial charge in [0.15, 0.2) is 6.10 Å². The van der Waals surface area contributed by atoms with Gasteiger partial charge in [-0.3, -0.25) is 4.79 Å². The minimum Gasteiger partial charge on any atom is -0.481 e. The van der Waals surface area contributed by atoms with Crippen molar-refractivity contribution < 1.29 is 23.8 Å². The number of benzene rings is 1. The third-order valence-electron chi connectivity index (χ3n) is 5.10. The highest BCUT2D eigenvalue weighted by molar-refractivity contribution is 7.98. The number of carbonyl (C=O) groups excluding carboxylic acids is 1. The van der Waals surface area contributed by atoms with E-state index in [9.17, 15) is 19.5 Å². The van der Waals surface area contributed by atoms with Gasteiger partial charge in [-0.2, -0.15) is 11.8 Å². The Balaban J connectivity index is 1.74. The van der Waals surface area contributed by atoms with Crippen LogP contribution in [0.4, 0.5) is 0 Å². The van der Waals surface area contributed by atoms with Crippen LogP contribution < -0.4 is 15.7 Å². The van der Waals surface area contributed by atoms with Crippen molar-refractivity contribution >= 4 is 34.6 Å². The molecule has 2 unspecified atom stereocenters. The van der Waals surface area contributed by atoms with Crippen molar-refractivity contribution in [3.8, 4) is 5.75 Å². The molecular formula is C21H25NO6S. The molecule has 7 nitrogen and oxygen atoms in total. The number of amides is 1. The maximum atomic E-state index is 12.4. The molecule has 8 heteroatoms. The maximum Gasteiger partial charge on any atom is 0.339 e. The Morgan fingerprint density at radius 1 is 1.28 bits per heavy atom. The number of fused-ring (bicyclic) bond motifs is 3. The number of ether oxygens (including phenoxy) is 1. The number of hydrogen-bond donors (Lipinski definition) is 2. The molecule has 1 heterocycles. The minimum absolute atomic E-state index is 0.312. The lowest BCUT2D eigenvalue weighted by Crippen LogP contribution is -2.46. The summed E-state index contributed by atoms with van der Waals surface area (Å²) in [5, 5.41) is 12.7. The third kappa shape index (κ3) is 4.93. The first-order valence-corrected chi connectivity index (χ1v) is 11.1. The molecule has 1 aromatic carbocycles. The number of rotatable bonds is 8. The number of aryl methyl sites for hydroxylation is 1. The molecule has 0 bridgehead atoms. The van der Waals surface area contributed by atoms with Crippen molar-refractivity contribution in [3.05, 3.63) is 39.7 Å². The SMILES string of the molecule is CSCCC(NC(=O)C(C)Oc1ccc2c3c(c(=O)oc2c1)CCCC3)C(=O)O. The van der Waals surface area contributed by atoms with E-state index < -0.39 is 24.0 Å². The number of carboxylic acids is 1. The van der Waals surface area contributed by atoms with Crippen molar-refractivity contribution in [2.75, 3.05) is 12.0 Å². The number of aliphatic carboxylic acids is 1. The van der Waals surface area contributed by atoms with Crippen LogP contribution in [-0.4, -0.2) is 41.1 Å². The van der Waals surface area contributed by atoms with Crippen molar-refractivity contribution in [2.24, 2.45) is 0 Å². The molecule has 0 saturated heterocycles. The molecule has 1 aliphatic carbocycles. The maximum absolute atomic E-state index is 12.4. The van der Waals surface area contributed by atoms with Crippen LogP contribution in [0.5, 0.6) is 5.75 Å². The van der Waals surface area contributed by atoms with E-state index in [1.807, 2.05) is 12.3 Å². The van der Waals surface area contributed by atoms with Gasteiger partial charge in [-0.15, -0.1) is 0 Å². The highest BCUT2D eigenvalue weighted by Gasteiger charge is 2.24. The summed E-state index contributed by atoms with van der Waals surface area (Å²) in [4.78, 5) is 35.9. The topological polar surface area (TPSA) is 106 Å². The Morgan fingerprint density at radius 2 is 2.00 bits per heavy atom. The van der Waals surface area contributed by atoms with E-state index in [0.29, 0.717) is 23.5 Å². The molecule has 0 saturated carbocycles. The zero-order chi connectivity index (χ0) is 21.0. The van der Waals surface area contributed by atoms with Gasteiger partial charge in [0.25, 0.3) is 5.91 Å². The summed E-state index contributed by atoms with van der Waals surface area (Å²) in [7, 11) is 0. The van der Waals surface area contributed by atoms with E-state index >= 15 is 0 Å². The van der Waals surface area contributed by atoms with Gasteiger partial charge in [-0.05, 0) is 68.7 Å². The summed E-state index contributed by atoms with van der Waals surface area (Å²) in [6.07, 6.45) is 4.94. The van der Waals surface area contributed by atoms with Gasteiger partial charge in [-0.25, -0.2) is 9.59 Å². The number of hydrogen-bond acceptors (Lipinski definition) is 6. The lowest BCUT2D eigenvalue weighted by atomic mass is 9.91. The molecule has 156 valence electrons. The fourth-order valence-electron chi connectivity index (χ4n) is 3.54. The zero-order valence-electron chi connectivity index (χ0n) is 16.5. The van der Waals surface area contributed by atoms with E-state index in [1.165, 1.54) is 11.8 Å². The zero-order valence-corrected chi connectivity index (χ0v) is 17.3. The van der Waals surface area contributed by atoms with Crippen LogP contribution in [0, 0.1) is 0 Å². The molecule has 0 aliphatic heterocycles. The lowest BCUT2D eigenvalue weighted by molar-refractivity contribution is -0.142. The Morgan fingerprint density at radius 3 is 2.69 bits per heavy atom. The van der Waals surface area contributed by atoms with Crippen molar-refractivity contribution in [2.45, 2.75) is 51.2 Å². The van der Waals surface area contributed by atoms with E-state index in [1.54, 1.807) is 19.1 Å². The second kappa shape index (κ2) is 9.35. The standard InChI is InChI=1S/C21H25NO6S/c1-12(19(23)22-17(20(24)25)9-10-29-2)27-13-7-8-15-14-5-3-4-6-16(14)21(26)28-18(15)11-13/h7-8,11-12,17H,3-6,9-10H2,1-2H3,(H,22,23)(H,24,25). The summed E-state index contributed by atoms with van der Waals surface area (Å²) in [5.41, 5.74) is 1.92. The summed E-state index contributed by atoms with van der Waals surface area (Å²) in [5.74, 6) is -0.571. The van der Waals surface area contributed by atoms with Gasteiger partial charge in [0, 0.05) is 17.0 Å². The van der Waals surface area contributed by atoms with E-state index in [-0.39, 0.29) is 5.63 Å². The first kappa shape index (κ1) is 21.2. The molecule has 1 aromatic heterocycles. The molecule has 2 N–H and O–H groups in total. The Hall–Kier alpha value is -2.48. The van der Waals surface area contributed by atoms with Crippen LogP contribution in [0.1, 0.15) is 37.3 Å². The molecule has 2 atom stereocenters. The monoisotopic (exact) mass is 419 g/mol.